The van der Waals surface area contributed by atoms with E-state index in [4.69, 9.17) is 23.2 Å². The van der Waals surface area contributed by atoms with Gasteiger partial charge in [0.15, 0.2) is 4.80 Å². The van der Waals surface area contributed by atoms with Gasteiger partial charge >= 0.3 is 0 Å². The van der Waals surface area contributed by atoms with E-state index in [9.17, 15) is 4.79 Å². The van der Waals surface area contributed by atoms with E-state index in [0.29, 0.717) is 27.1 Å². The van der Waals surface area contributed by atoms with Crippen molar-refractivity contribution in [3.63, 3.8) is 0 Å². The summed E-state index contributed by atoms with van der Waals surface area (Å²) in [6.45, 7) is 4.28. The van der Waals surface area contributed by atoms with Crippen molar-refractivity contribution >= 4 is 62.4 Å². The second-order valence-corrected chi connectivity index (χ2v) is 8.25. The SMILES string of the molecule is C=CCn1c(=NC(=O)CSCc2ccccc2)sc2c(Cl)ccc(Cl)c21. The van der Waals surface area contributed by atoms with Crippen molar-refractivity contribution < 1.29 is 4.79 Å². The molecule has 3 aromatic rings. The Labute approximate surface area is 170 Å². The molecule has 0 spiro atoms. The molecule has 134 valence electrons. The number of carbonyl (C=O) groups excluding carboxylic acids is 1. The number of allylic oxidation sites excluding steroid dienone is 1. The van der Waals surface area contributed by atoms with Gasteiger partial charge in [0.2, 0.25) is 0 Å². The number of thiazole rings is 1. The minimum atomic E-state index is -0.178. The molecule has 0 atom stereocenters. The van der Waals surface area contributed by atoms with Crippen LogP contribution < -0.4 is 4.80 Å². The molecule has 0 radical (unpaired) electrons. The maximum atomic E-state index is 12.3. The van der Waals surface area contributed by atoms with Crippen molar-refractivity contribution in [1.29, 1.82) is 0 Å². The van der Waals surface area contributed by atoms with Crippen molar-refractivity contribution in [3.8, 4) is 0 Å². The molecule has 0 N–H and O–H groups in total. The molecular weight excluding hydrogens is 407 g/mol. The molecule has 2 aromatic carbocycles. The van der Waals surface area contributed by atoms with Crippen molar-refractivity contribution in [3.05, 3.63) is 75.5 Å². The largest absolute Gasteiger partial charge is 0.311 e. The molecule has 7 heteroatoms. The normalized spacial score (nSPS) is 11.8. The van der Waals surface area contributed by atoms with Crippen LogP contribution in [-0.4, -0.2) is 16.2 Å². The molecule has 1 heterocycles. The highest BCUT2D eigenvalue weighted by atomic mass is 35.5. The molecular formula is C19H16Cl2N2OS2. The zero-order chi connectivity index (χ0) is 18.5. The molecule has 0 aliphatic heterocycles. The maximum absolute atomic E-state index is 12.3. The first-order chi connectivity index (χ1) is 12.6. The van der Waals surface area contributed by atoms with Gasteiger partial charge in [0.1, 0.15) is 0 Å². The molecule has 0 aliphatic rings. The molecule has 0 saturated carbocycles. The van der Waals surface area contributed by atoms with Gasteiger partial charge < -0.3 is 4.57 Å². The van der Waals surface area contributed by atoms with Gasteiger partial charge in [-0.25, -0.2) is 0 Å². The van der Waals surface area contributed by atoms with Crippen LogP contribution in [-0.2, 0) is 17.1 Å². The van der Waals surface area contributed by atoms with Crippen LogP contribution in [0.3, 0.4) is 0 Å². The van der Waals surface area contributed by atoms with Crippen molar-refractivity contribution in [2.75, 3.05) is 5.75 Å². The predicted molar refractivity (Wildman–Crippen MR) is 113 cm³/mol. The number of benzene rings is 2. The number of aromatic nitrogens is 1. The highest BCUT2D eigenvalue weighted by molar-refractivity contribution is 7.99. The molecule has 26 heavy (non-hydrogen) atoms. The van der Waals surface area contributed by atoms with Crippen LogP contribution in [0.1, 0.15) is 5.56 Å². The zero-order valence-electron chi connectivity index (χ0n) is 13.8. The third-order valence-electron chi connectivity index (χ3n) is 3.60. The summed E-state index contributed by atoms with van der Waals surface area (Å²) in [5.41, 5.74) is 1.97. The van der Waals surface area contributed by atoms with E-state index in [-0.39, 0.29) is 5.91 Å². The summed E-state index contributed by atoms with van der Waals surface area (Å²) in [7, 11) is 0. The quantitative estimate of drug-likeness (QED) is 0.487. The van der Waals surface area contributed by atoms with Crippen molar-refractivity contribution in [1.82, 2.24) is 4.57 Å². The smallest absolute Gasteiger partial charge is 0.258 e. The Morgan fingerprint density at radius 1 is 1.19 bits per heavy atom. The molecule has 0 unspecified atom stereocenters. The summed E-state index contributed by atoms with van der Waals surface area (Å²) in [5.74, 6) is 0.917. The minimum Gasteiger partial charge on any atom is -0.311 e. The molecule has 1 aromatic heterocycles. The first-order valence-corrected chi connectivity index (χ1v) is 10.6. The molecule has 0 fully saturated rings. The van der Waals surface area contributed by atoms with Crippen LogP contribution in [0.5, 0.6) is 0 Å². The Balaban J connectivity index is 1.85. The lowest BCUT2D eigenvalue weighted by molar-refractivity contribution is -0.115. The fraction of sp³-hybridized carbons (Fsp3) is 0.158. The van der Waals surface area contributed by atoms with Gasteiger partial charge in [-0.3, -0.25) is 4.79 Å². The van der Waals surface area contributed by atoms with Crippen LogP contribution in [0.2, 0.25) is 10.0 Å². The summed E-state index contributed by atoms with van der Waals surface area (Å²) >= 11 is 15.5. The third-order valence-corrected chi connectivity index (χ3v) is 6.43. The van der Waals surface area contributed by atoms with Gasteiger partial charge in [-0.1, -0.05) is 70.9 Å². The fourth-order valence-corrected chi connectivity index (χ4v) is 4.91. The van der Waals surface area contributed by atoms with E-state index >= 15 is 0 Å². The summed E-state index contributed by atoms with van der Waals surface area (Å²) in [5, 5.41) is 1.18. The third kappa shape index (κ3) is 4.41. The number of amides is 1. The topological polar surface area (TPSA) is 34.4 Å². The Morgan fingerprint density at radius 3 is 2.65 bits per heavy atom. The first kappa shape index (κ1) is 19.2. The Kier molecular flexibility index (Phi) is 6.59. The number of hydrogen-bond donors (Lipinski definition) is 0. The molecule has 3 rings (SSSR count). The van der Waals surface area contributed by atoms with Crippen LogP contribution in [0.25, 0.3) is 10.2 Å². The number of halogens is 2. The van der Waals surface area contributed by atoms with Crippen LogP contribution >= 0.6 is 46.3 Å². The van der Waals surface area contributed by atoms with E-state index in [1.807, 2.05) is 34.9 Å². The number of fused-ring (bicyclic) bond motifs is 1. The van der Waals surface area contributed by atoms with E-state index in [1.54, 1.807) is 30.0 Å². The number of thioether (sulfide) groups is 1. The van der Waals surface area contributed by atoms with Gasteiger partial charge in [-0.15, -0.1) is 18.3 Å². The number of nitrogens with zero attached hydrogens (tertiary/aromatic N) is 2. The van der Waals surface area contributed by atoms with Crippen molar-refractivity contribution in [2.45, 2.75) is 12.3 Å². The second-order valence-electron chi connectivity index (χ2n) is 5.47. The van der Waals surface area contributed by atoms with Gasteiger partial charge in [0, 0.05) is 12.3 Å². The molecule has 1 amide bonds. The van der Waals surface area contributed by atoms with Crippen molar-refractivity contribution in [2.24, 2.45) is 4.99 Å². The molecule has 0 aliphatic carbocycles. The summed E-state index contributed by atoms with van der Waals surface area (Å²) in [6.07, 6.45) is 1.75. The number of rotatable bonds is 6. The van der Waals surface area contributed by atoms with Gasteiger partial charge in [0.05, 0.1) is 26.0 Å². The highest BCUT2D eigenvalue weighted by Crippen LogP contribution is 2.31. The Morgan fingerprint density at radius 2 is 1.92 bits per heavy atom. The lowest BCUT2D eigenvalue weighted by Gasteiger charge is -2.03. The van der Waals surface area contributed by atoms with Gasteiger partial charge in [-0.2, -0.15) is 4.99 Å². The van der Waals surface area contributed by atoms with Gasteiger partial charge in [-0.05, 0) is 17.7 Å². The average molecular weight is 423 g/mol. The van der Waals surface area contributed by atoms with E-state index < -0.39 is 0 Å². The van der Waals surface area contributed by atoms with Crippen LogP contribution in [0.15, 0.2) is 60.1 Å². The number of hydrogen-bond acceptors (Lipinski definition) is 3. The highest BCUT2D eigenvalue weighted by Gasteiger charge is 2.13. The maximum Gasteiger partial charge on any atom is 0.258 e. The monoisotopic (exact) mass is 422 g/mol. The van der Waals surface area contributed by atoms with E-state index in [1.165, 1.54) is 16.9 Å². The van der Waals surface area contributed by atoms with E-state index in [2.05, 4.69) is 11.6 Å². The summed E-state index contributed by atoms with van der Waals surface area (Å²) in [6, 6.07) is 13.5. The summed E-state index contributed by atoms with van der Waals surface area (Å²) < 4.78 is 2.70. The molecule has 3 nitrogen and oxygen atoms in total. The van der Waals surface area contributed by atoms with Crippen LogP contribution in [0, 0.1) is 0 Å². The first-order valence-electron chi connectivity index (χ1n) is 7.87. The van der Waals surface area contributed by atoms with Gasteiger partial charge in [0.25, 0.3) is 5.91 Å². The number of carbonyl (C=O) groups is 1. The molecule has 0 saturated heterocycles. The molecule has 0 bridgehead atoms. The lowest BCUT2D eigenvalue weighted by atomic mass is 10.2. The average Bonchev–Trinajstić information content (AvgIpc) is 2.99. The zero-order valence-corrected chi connectivity index (χ0v) is 17.0. The predicted octanol–water partition coefficient (Wildman–Crippen LogP) is 5.56. The Hall–Kier alpha value is -1.53. The lowest BCUT2D eigenvalue weighted by Crippen LogP contribution is -2.17. The second kappa shape index (κ2) is 8.91. The standard InChI is InChI=1S/C19H16Cl2N2OS2/c1-2-10-23-17-14(20)8-9-15(21)18(17)26-19(23)22-16(24)12-25-11-13-6-4-3-5-7-13/h2-9H,1,10-12H2. The fourth-order valence-electron chi connectivity index (χ4n) is 2.46. The van der Waals surface area contributed by atoms with E-state index in [0.717, 1.165) is 16.0 Å². The Bertz CT molecular complexity index is 1010. The summed E-state index contributed by atoms with van der Waals surface area (Å²) in [4.78, 5) is 17.2. The minimum absolute atomic E-state index is 0.178. The van der Waals surface area contributed by atoms with Crippen LogP contribution in [0.4, 0.5) is 0 Å².